The number of nitrogens with zero attached hydrogens (tertiary/aromatic N) is 1. The Balaban J connectivity index is 2.61. The lowest BCUT2D eigenvalue weighted by Crippen LogP contribution is -2.56. The van der Waals surface area contributed by atoms with E-state index in [4.69, 9.17) is 11.5 Å². The number of carboxylic acid groups (broad SMARTS) is 2. The van der Waals surface area contributed by atoms with Gasteiger partial charge in [0.05, 0.1) is 11.3 Å². The summed E-state index contributed by atoms with van der Waals surface area (Å²) in [5.41, 5.74) is 11.1. The molecule has 0 radical (unpaired) electrons. The monoisotopic (exact) mass is 318 g/mol. The lowest BCUT2D eigenvalue weighted by Gasteiger charge is -2.34. The molecule has 0 fully saturated rings. The summed E-state index contributed by atoms with van der Waals surface area (Å²) in [4.78, 5) is 27.1. The van der Waals surface area contributed by atoms with Crippen molar-refractivity contribution >= 4 is 17.6 Å². The summed E-state index contributed by atoms with van der Waals surface area (Å²) in [5.74, 6) is -4.04. The average molecular weight is 318 g/mol. The lowest BCUT2D eigenvalue weighted by atomic mass is 9.86. The van der Waals surface area contributed by atoms with Gasteiger partial charge in [0, 0.05) is 23.7 Å². The predicted molar refractivity (Wildman–Crippen MR) is 82.5 cm³/mol. The van der Waals surface area contributed by atoms with Gasteiger partial charge >= 0.3 is 11.9 Å². The van der Waals surface area contributed by atoms with Gasteiger partial charge in [-0.15, -0.1) is 0 Å². The number of rotatable bonds is 5. The van der Waals surface area contributed by atoms with Crippen molar-refractivity contribution in [2.75, 3.05) is 0 Å². The molecule has 122 valence electrons. The maximum atomic E-state index is 11.6. The van der Waals surface area contributed by atoms with Crippen molar-refractivity contribution in [2.45, 2.75) is 19.0 Å². The molecule has 8 nitrogen and oxygen atoms in total. The zero-order valence-corrected chi connectivity index (χ0v) is 12.5. The van der Waals surface area contributed by atoms with Crippen LogP contribution in [0.4, 0.5) is 0 Å². The van der Waals surface area contributed by atoms with Crippen LogP contribution in [-0.4, -0.2) is 32.8 Å². The molecule has 0 saturated heterocycles. The Morgan fingerprint density at radius 3 is 2.57 bits per heavy atom. The third-order valence-corrected chi connectivity index (χ3v) is 3.69. The van der Waals surface area contributed by atoms with E-state index in [9.17, 15) is 19.8 Å². The first-order valence-corrected chi connectivity index (χ1v) is 6.95. The Hall–Kier alpha value is -2.71. The second-order valence-corrected chi connectivity index (χ2v) is 5.25. The van der Waals surface area contributed by atoms with Crippen LogP contribution in [-0.2, 0) is 9.59 Å². The topological polar surface area (TPSA) is 152 Å². The van der Waals surface area contributed by atoms with E-state index in [0.29, 0.717) is 11.3 Å². The number of carboxylic acids is 2. The summed E-state index contributed by atoms with van der Waals surface area (Å²) in [6, 6.07) is 3.40. The maximum absolute atomic E-state index is 11.6. The van der Waals surface area contributed by atoms with Gasteiger partial charge in [-0.1, -0.05) is 6.92 Å². The molecule has 7 N–H and O–H groups in total. The molecule has 0 spiro atoms. The summed E-state index contributed by atoms with van der Waals surface area (Å²) in [7, 11) is 0. The van der Waals surface area contributed by atoms with E-state index in [2.05, 4.69) is 10.3 Å². The van der Waals surface area contributed by atoms with Gasteiger partial charge in [0.2, 0.25) is 0 Å². The summed E-state index contributed by atoms with van der Waals surface area (Å²) in [5, 5.41) is 21.7. The van der Waals surface area contributed by atoms with Crippen molar-refractivity contribution in [1.82, 2.24) is 10.3 Å². The van der Waals surface area contributed by atoms with Crippen LogP contribution in [0.2, 0.25) is 0 Å². The number of nitrogens with one attached hydrogen (secondary N) is 1. The lowest BCUT2D eigenvalue weighted by molar-refractivity contribution is -0.142. The number of pyridine rings is 1. The van der Waals surface area contributed by atoms with E-state index < -0.39 is 23.5 Å². The molecule has 2 heterocycles. The molecule has 8 heteroatoms. The zero-order valence-electron chi connectivity index (χ0n) is 12.5. The second kappa shape index (κ2) is 6.19. The van der Waals surface area contributed by atoms with Gasteiger partial charge in [0.1, 0.15) is 11.6 Å². The van der Waals surface area contributed by atoms with Gasteiger partial charge in [-0.3, -0.25) is 9.78 Å². The summed E-state index contributed by atoms with van der Waals surface area (Å²) >= 11 is 0. The third-order valence-electron chi connectivity index (χ3n) is 3.69. The first-order chi connectivity index (χ1) is 10.8. The average Bonchev–Trinajstić information content (AvgIpc) is 2.54. The van der Waals surface area contributed by atoms with E-state index in [1.165, 1.54) is 12.3 Å². The molecule has 1 atom stereocenters. The highest BCUT2D eigenvalue weighted by Crippen LogP contribution is 2.31. The Labute approximate surface area is 132 Å². The summed E-state index contributed by atoms with van der Waals surface area (Å²) in [6.45, 7) is 1.69. The van der Waals surface area contributed by atoms with Crippen molar-refractivity contribution < 1.29 is 19.8 Å². The number of aliphatic carboxylic acids is 2. The van der Waals surface area contributed by atoms with Crippen LogP contribution in [0.5, 0.6) is 0 Å². The van der Waals surface area contributed by atoms with Crippen molar-refractivity contribution in [2.24, 2.45) is 17.4 Å². The van der Waals surface area contributed by atoms with E-state index >= 15 is 0 Å². The van der Waals surface area contributed by atoms with Gasteiger partial charge in [0.25, 0.3) is 0 Å². The molecule has 0 bridgehead atoms. The highest BCUT2D eigenvalue weighted by atomic mass is 16.4. The van der Waals surface area contributed by atoms with Crippen molar-refractivity contribution in [3.05, 3.63) is 47.4 Å². The molecule has 0 amide bonds. The van der Waals surface area contributed by atoms with Gasteiger partial charge in [0.15, 0.2) is 0 Å². The summed E-state index contributed by atoms with van der Waals surface area (Å²) in [6.07, 6.45) is 4.64. The smallest absolute Gasteiger partial charge is 0.334 e. The molecule has 1 aromatic heterocycles. The van der Waals surface area contributed by atoms with Crippen molar-refractivity contribution in [3.8, 4) is 0 Å². The molecule has 0 aromatic carbocycles. The number of hydrogen-bond acceptors (Lipinski definition) is 6. The van der Waals surface area contributed by atoms with Crippen LogP contribution in [0.3, 0.4) is 0 Å². The predicted octanol–water partition coefficient (Wildman–Crippen LogP) is 0.0889. The van der Waals surface area contributed by atoms with Crippen LogP contribution < -0.4 is 16.8 Å². The standard InChI is InChI=1S/C15H18N4O4/c1-2-15(16,17)12-11(14(22)23)9(13(20)21)6-10(19-12)8-4-3-5-18-7-8/h3-7,9,19H,2,16-17H2,1H3,(H,20,21)(H,22,23). The van der Waals surface area contributed by atoms with Gasteiger partial charge in [-0.05, 0) is 24.6 Å². The van der Waals surface area contributed by atoms with Crippen LogP contribution in [0.1, 0.15) is 18.9 Å². The first-order valence-electron chi connectivity index (χ1n) is 6.95. The molecule has 1 unspecified atom stereocenters. The Morgan fingerprint density at radius 1 is 1.39 bits per heavy atom. The Morgan fingerprint density at radius 2 is 2.09 bits per heavy atom. The fourth-order valence-electron chi connectivity index (χ4n) is 2.32. The van der Waals surface area contributed by atoms with Crippen molar-refractivity contribution in [3.63, 3.8) is 0 Å². The quantitative estimate of drug-likeness (QED) is 0.479. The second-order valence-electron chi connectivity index (χ2n) is 5.25. The Bertz CT molecular complexity index is 695. The molecule has 2 rings (SSSR count). The minimum absolute atomic E-state index is 0.0127. The zero-order chi connectivity index (χ0) is 17.2. The van der Waals surface area contributed by atoms with Crippen LogP contribution in [0, 0.1) is 5.92 Å². The van der Waals surface area contributed by atoms with Gasteiger partial charge in [-0.25, -0.2) is 4.79 Å². The van der Waals surface area contributed by atoms with Crippen LogP contribution in [0.15, 0.2) is 41.9 Å². The maximum Gasteiger partial charge on any atom is 0.334 e. The van der Waals surface area contributed by atoms with Crippen LogP contribution in [0.25, 0.3) is 5.70 Å². The third kappa shape index (κ3) is 3.22. The minimum atomic E-state index is -1.50. The number of dihydropyridines is 1. The van der Waals surface area contributed by atoms with E-state index in [0.717, 1.165) is 0 Å². The normalized spacial score (nSPS) is 18.2. The number of carbonyl (C=O) groups is 2. The summed E-state index contributed by atoms with van der Waals surface area (Å²) < 4.78 is 0. The fourth-order valence-corrected chi connectivity index (χ4v) is 2.32. The molecular formula is C15H18N4O4. The number of nitrogens with two attached hydrogens (primary N) is 2. The molecule has 1 aliphatic heterocycles. The number of hydrogen-bond donors (Lipinski definition) is 5. The molecule has 1 aliphatic rings. The molecule has 23 heavy (non-hydrogen) atoms. The highest BCUT2D eigenvalue weighted by molar-refractivity contribution is 5.98. The van der Waals surface area contributed by atoms with E-state index in [1.807, 2.05) is 0 Å². The number of aromatic nitrogens is 1. The minimum Gasteiger partial charge on any atom is -0.481 e. The molecule has 0 aliphatic carbocycles. The molecule has 0 saturated carbocycles. The fraction of sp³-hybridized carbons (Fsp3) is 0.267. The highest BCUT2D eigenvalue weighted by Gasteiger charge is 2.39. The van der Waals surface area contributed by atoms with E-state index in [-0.39, 0.29) is 17.7 Å². The Kier molecular flexibility index (Phi) is 4.48. The van der Waals surface area contributed by atoms with Crippen molar-refractivity contribution in [1.29, 1.82) is 0 Å². The molecule has 1 aromatic rings. The molecular weight excluding hydrogens is 300 g/mol. The van der Waals surface area contributed by atoms with Gasteiger partial charge < -0.3 is 27.0 Å². The van der Waals surface area contributed by atoms with Crippen LogP contribution >= 0.6 is 0 Å². The SMILES string of the molecule is CCC(N)(N)C1=C(C(=O)O)C(C(=O)O)C=C(c2cccnc2)N1. The van der Waals surface area contributed by atoms with E-state index in [1.54, 1.807) is 25.3 Å². The van der Waals surface area contributed by atoms with Gasteiger partial charge in [-0.2, -0.15) is 0 Å². The first kappa shape index (κ1) is 16.7. The largest absolute Gasteiger partial charge is 0.481 e.